The molecular formula is C31H34N4O3S. The molecule has 0 aliphatic heterocycles. The predicted molar refractivity (Wildman–Crippen MR) is 156 cm³/mol. The van der Waals surface area contributed by atoms with Crippen LogP contribution in [0.15, 0.2) is 88.9 Å². The molecule has 1 aromatic heterocycles. The van der Waals surface area contributed by atoms with Crippen molar-refractivity contribution in [2.75, 3.05) is 0 Å². The highest BCUT2D eigenvalue weighted by Gasteiger charge is 2.24. The molecule has 0 saturated carbocycles. The summed E-state index contributed by atoms with van der Waals surface area (Å²) in [5.41, 5.74) is 10.7. The molecule has 0 aliphatic rings. The second-order valence-electron chi connectivity index (χ2n) is 9.80. The van der Waals surface area contributed by atoms with E-state index in [-0.39, 0.29) is 11.3 Å². The minimum absolute atomic E-state index is 0.117. The van der Waals surface area contributed by atoms with Gasteiger partial charge in [0.1, 0.15) is 0 Å². The Kier molecular flexibility index (Phi) is 8.47. The summed E-state index contributed by atoms with van der Waals surface area (Å²) in [6, 6.07) is 23.1. The van der Waals surface area contributed by atoms with Crippen LogP contribution in [0.1, 0.15) is 51.7 Å². The quantitative estimate of drug-likeness (QED) is 0.214. The van der Waals surface area contributed by atoms with Crippen LogP contribution >= 0.6 is 0 Å². The van der Waals surface area contributed by atoms with Gasteiger partial charge >= 0.3 is 0 Å². The molecule has 0 unspecified atom stereocenters. The van der Waals surface area contributed by atoms with Crippen molar-refractivity contribution in [2.45, 2.75) is 52.0 Å². The van der Waals surface area contributed by atoms with Crippen molar-refractivity contribution in [3.05, 3.63) is 118 Å². The minimum Gasteiger partial charge on any atom is -0.317 e. The number of hydrazone groups is 1. The number of carbonyl (C=O) groups is 1. The SMILES string of the molecule is Cc1ccc(S(=O)(=O)N[C@@H](CC(=O)N/N=C\c2cc(C)n(-c3c(C)cccc3C)c2C)c2ccccc2)cc1. The Labute approximate surface area is 230 Å². The Bertz CT molecular complexity index is 1590. The molecule has 4 rings (SSSR count). The van der Waals surface area contributed by atoms with Crippen molar-refractivity contribution >= 4 is 22.1 Å². The molecule has 202 valence electrons. The number of hydrogen-bond acceptors (Lipinski definition) is 4. The Morgan fingerprint density at radius 3 is 2.18 bits per heavy atom. The third-order valence-corrected chi connectivity index (χ3v) is 8.23. The van der Waals surface area contributed by atoms with Crippen LogP contribution in [0, 0.1) is 34.6 Å². The zero-order chi connectivity index (χ0) is 28.2. The third kappa shape index (κ3) is 6.53. The number of nitrogens with one attached hydrogen (secondary N) is 2. The molecule has 0 aliphatic carbocycles. The molecular weight excluding hydrogens is 508 g/mol. The largest absolute Gasteiger partial charge is 0.317 e. The van der Waals surface area contributed by atoms with Gasteiger partial charge in [-0.1, -0.05) is 66.2 Å². The molecule has 0 fully saturated rings. The number of carbonyl (C=O) groups excluding carboxylic acids is 1. The van der Waals surface area contributed by atoms with Gasteiger partial charge in [-0.2, -0.15) is 5.10 Å². The van der Waals surface area contributed by atoms with Crippen LogP contribution in [0.4, 0.5) is 0 Å². The minimum atomic E-state index is -3.85. The van der Waals surface area contributed by atoms with Crippen molar-refractivity contribution in [3.8, 4) is 5.69 Å². The summed E-state index contributed by atoms with van der Waals surface area (Å²) in [7, 11) is -3.85. The van der Waals surface area contributed by atoms with Crippen LogP contribution in [0.3, 0.4) is 0 Å². The van der Waals surface area contributed by atoms with Crippen molar-refractivity contribution < 1.29 is 13.2 Å². The molecule has 2 N–H and O–H groups in total. The maximum absolute atomic E-state index is 13.1. The number of benzene rings is 3. The van der Waals surface area contributed by atoms with E-state index in [0.29, 0.717) is 5.56 Å². The van der Waals surface area contributed by atoms with E-state index in [1.54, 1.807) is 42.6 Å². The highest BCUT2D eigenvalue weighted by molar-refractivity contribution is 7.89. The Morgan fingerprint density at radius 1 is 0.897 bits per heavy atom. The second-order valence-corrected chi connectivity index (χ2v) is 11.5. The highest BCUT2D eigenvalue weighted by atomic mass is 32.2. The number of nitrogens with zero attached hydrogens (tertiary/aromatic N) is 2. The molecule has 39 heavy (non-hydrogen) atoms. The van der Waals surface area contributed by atoms with Gasteiger partial charge in [-0.25, -0.2) is 18.6 Å². The van der Waals surface area contributed by atoms with Crippen molar-refractivity contribution in [3.63, 3.8) is 0 Å². The van der Waals surface area contributed by atoms with Crippen molar-refractivity contribution in [1.29, 1.82) is 0 Å². The fourth-order valence-electron chi connectivity index (χ4n) is 4.71. The molecule has 1 amide bonds. The summed E-state index contributed by atoms with van der Waals surface area (Å²) >= 11 is 0. The summed E-state index contributed by atoms with van der Waals surface area (Å²) < 4.78 is 31.0. The molecule has 1 atom stereocenters. The van der Waals surface area contributed by atoms with Crippen LogP contribution in [0.2, 0.25) is 0 Å². The van der Waals surface area contributed by atoms with Gasteiger partial charge in [0.15, 0.2) is 0 Å². The van der Waals surface area contributed by atoms with Gasteiger partial charge in [0.05, 0.1) is 22.8 Å². The normalized spacial score (nSPS) is 12.5. The number of amides is 1. The van der Waals surface area contributed by atoms with E-state index < -0.39 is 22.0 Å². The number of hydrogen-bond donors (Lipinski definition) is 2. The first-order valence-corrected chi connectivity index (χ1v) is 14.3. The molecule has 0 bridgehead atoms. The number of aromatic nitrogens is 1. The van der Waals surface area contributed by atoms with Crippen LogP contribution in [-0.2, 0) is 14.8 Å². The fraction of sp³-hybridized carbons (Fsp3) is 0.226. The van der Waals surface area contributed by atoms with Crippen LogP contribution in [-0.4, -0.2) is 25.1 Å². The molecule has 1 heterocycles. The summed E-state index contributed by atoms with van der Waals surface area (Å²) in [5.74, 6) is -0.407. The maximum Gasteiger partial charge on any atom is 0.242 e. The first-order chi connectivity index (χ1) is 18.6. The predicted octanol–water partition coefficient (Wildman–Crippen LogP) is 5.58. The lowest BCUT2D eigenvalue weighted by molar-refractivity contribution is -0.121. The molecule has 7 nitrogen and oxygen atoms in total. The van der Waals surface area contributed by atoms with Crippen molar-refractivity contribution in [1.82, 2.24) is 14.7 Å². The highest BCUT2D eigenvalue weighted by Crippen LogP contribution is 2.25. The van der Waals surface area contributed by atoms with E-state index in [0.717, 1.165) is 28.2 Å². The smallest absolute Gasteiger partial charge is 0.242 e. The summed E-state index contributed by atoms with van der Waals surface area (Å²) in [5, 5.41) is 4.19. The van der Waals surface area contributed by atoms with E-state index in [9.17, 15) is 13.2 Å². The number of rotatable bonds is 9. The number of para-hydroxylation sites is 1. The average molecular weight is 543 g/mol. The van der Waals surface area contributed by atoms with Gasteiger partial charge in [0.2, 0.25) is 15.9 Å². The van der Waals surface area contributed by atoms with Gasteiger partial charge in [-0.3, -0.25) is 4.79 Å². The van der Waals surface area contributed by atoms with Gasteiger partial charge in [0, 0.05) is 23.4 Å². The van der Waals surface area contributed by atoms with Crippen LogP contribution in [0.25, 0.3) is 5.69 Å². The van der Waals surface area contributed by atoms with Crippen molar-refractivity contribution in [2.24, 2.45) is 5.10 Å². The Morgan fingerprint density at radius 2 is 1.54 bits per heavy atom. The maximum atomic E-state index is 13.1. The molecule has 8 heteroatoms. The van der Waals surface area contributed by atoms with Gasteiger partial charge in [-0.15, -0.1) is 0 Å². The Hall–Kier alpha value is -4.01. The summed E-state index contributed by atoms with van der Waals surface area (Å²) in [4.78, 5) is 13.0. The lowest BCUT2D eigenvalue weighted by atomic mass is 10.0. The van der Waals surface area contributed by atoms with E-state index >= 15 is 0 Å². The standard InChI is InChI=1S/C31H34N4O3S/c1-21-14-16-28(17-15-21)39(37,38)34-29(26-12-7-6-8-13-26)19-30(36)33-32-20-27-18-24(4)35(25(27)5)31-22(2)10-9-11-23(31)3/h6-18,20,29,34H,19H2,1-5H3,(H,33,36)/b32-20-/t29-/m0/s1. The van der Waals surface area contributed by atoms with Gasteiger partial charge < -0.3 is 4.57 Å². The van der Waals surface area contributed by atoms with E-state index in [1.165, 1.54) is 11.1 Å². The van der Waals surface area contributed by atoms with E-state index in [1.807, 2.05) is 51.1 Å². The first kappa shape index (κ1) is 28.0. The van der Waals surface area contributed by atoms with Gasteiger partial charge in [-0.05, 0) is 69.5 Å². The third-order valence-electron chi connectivity index (χ3n) is 6.75. The molecule has 0 spiro atoms. The number of sulfonamides is 1. The topological polar surface area (TPSA) is 92.6 Å². The second kappa shape index (κ2) is 11.8. The molecule has 3 aromatic carbocycles. The lowest BCUT2D eigenvalue weighted by Gasteiger charge is -2.18. The zero-order valence-electron chi connectivity index (χ0n) is 22.9. The summed E-state index contributed by atoms with van der Waals surface area (Å²) in [6.07, 6.45) is 1.51. The zero-order valence-corrected chi connectivity index (χ0v) is 23.7. The van der Waals surface area contributed by atoms with Crippen LogP contribution in [0.5, 0.6) is 0 Å². The summed E-state index contributed by atoms with van der Waals surface area (Å²) in [6.45, 7) is 10.1. The number of aryl methyl sites for hydroxylation is 4. The molecule has 4 aromatic rings. The monoisotopic (exact) mass is 542 g/mol. The van der Waals surface area contributed by atoms with E-state index in [4.69, 9.17) is 0 Å². The van der Waals surface area contributed by atoms with E-state index in [2.05, 4.69) is 45.8 Å². The average Bonchev–Trinajstić information content (AvgIpc) is 3.17. The molecule has 0 radical (unpaired) electrons. The molecule has 0 saturated heterocycles. The fourth-order valence-corrected chi connectivity index (χ4v) is 5.94. The Balaban J connectivity index is 1.50. The van der Waals surface area contributed by atoms with Gasteiger partial charge in [0.25, 0.3) is 0 Å². The van der Waals surface area contributed by atoms with Crippen LogP contribution < -0.4 is 10.1 Å². The first-order valence-electron chi connectivity index (χ1n) is 12.8. The lowest BCUT2D eigenvalue weighted by Crippen LogP contribution is -2.32.